The van der Waals surface area contributed by atoms with E-state index < -0.39 is 0 Å². The van der Waals surface area contributed by atoms with E-state index in [9.17, 15) is 0 Å². The molecule has 6 nitrogen and oxygen atoms in total. The summed E-state index contributed by atoms with van der Waals surface area (Å²) >= 11 is 0. The summed E-state index contributed by atoms with van der Waals surface area (Å²) in [4.78, 5) is 10.6. The largest absolute Gasteiger partial charge is 0.389 e. The van der Waals surface area contributed by atoms with Crippen LogP contribution in [0, 0.1) is 0 Å². The predicted molar refractivity (Wildman–Crippen MR) is 97.9 cm³/mol. The molecule has 3 heterocycles. The van der Waals surface area contributed by atoms with E-state index in [0.29, 0.717) is 6.04 Å². The van der Waals surface area contributed by atoms with Gasteiger partial charge in [-0.1, -0.05) is 5.16 Å². The highest BCUT2D eigenvalue weighted by molar-refractivity contribution is 6.10. The normalized spacial score (nSPS) is 22.2. The van der Waals surface area contributed by atoms with E-state index in [1.54, 1.807) is 0 Å². The lowest BCUT2D eigenvalue weighted by atomic mass is 9.90. The summed E-state index contributed by atoms with van der Waals surface area (Å²) in [5.41, 5.74) is 4.18. The van der Waals surface area contributed by atoms with Gasteiger partial charge in [0.25, 0.3) is 0 Å². The van der Waals surface area contributed by atoms with Gasteiger partial charge in [-0.05, 0) is 51.9 Å². The Balaban J connectivity index is 1.56. The van der Waals surface area contributed by atoms with E-state index in [0.717, 1.165) is 53.8 Å². The fraction of sp³-hybridized carbons (Fsp3) is 0.632. The molecule has 0 unspecified atom stereocenters. The average molecular weight is 339 g/mol. The van der Waals surface area contributed by atoms with Crippen molar-refractivity contribution < 1.29 is 4.84 Å². The third-order valence-electron chi connectivity index (χ3n) is 6.08. The first kappa shape index (κ1) is 15.2. The molecular weight excluding hydrogens is 314 g/mol. The molecule has 2 fully saturated rings. The zero-order chi connectivity index (χ0) is 16.9. The molecule has 3 aliphatic rings. The number of rotatable bonds is 4. The molecule has 2 saturated carbocycles. The molecule has 2 aromatic rings. The Morgan fingerprint density at radius 2 is 2.08 bits per heavy atom. The lowest BCUT2D eigenvalue weighted by molar-refractivity contribution is -0.0126. The Bertz CT molecular complexity index is 830. The van der Waals surface area contributed by atoms with Crippen LogP contribution >= 0.6 is 0 Å². The molecular formula is C19H25N5O. The third kappa shape index (κ3) is 2.41. The van der Waals surface area contributed by atoms with Crippen molar-refractivity contribution in [2.75, 3.05) is 5.32 Å². The van der Waals surface area contributed by atoms with Crippen LogP contribution in [-0.4, -0.2) is 32.1 Å². The van der Waals surface area contributed by atoms with Gasteiger partial charge in [-0.25, -0.2) is 9.67 Å². The lowest BCUT2D eigenvalue weighted by Gasteiger charge is -2.29. The fourth-order valence-corrected chi connectivity index (χ4v) is 4.34. The van der Waals surface area contributed by atoms with Crippen LogP contribution in [0.3, 0.4) is 0 Å². The second-order valence-electron chi connectivity index (χ2n) is 7.71. The molecule has 0 amide bonds. The van der Waals surface area contributed by atoms with Gasteiger partial charge in [-0.15, -0.1) is 0 Å². The highest BCUT2D eigenvalue weighted by Gasteiger charge is 2.42. The SMILES string of the molecule is CCn1ncc2c(NC3CCC3)c(C3=NOC4(CCCC4)C3)cnc21. The number of aromatic nitrogens is 3. The zero-order valence-corrected chi connectivity index (χ0v) is 14.8. The number of nitrogens with zero attached hydrogens (tertiary/aromatic N) is 4. The Morgan fingerprint density at radius 3 is 2.80 bits per heavy atom. The van der Waals surface area contributed by atoms with Crippen LogP contribution in [0.2, 0.25) is 0 Å². The first-order chi connectivity index (χ1) is 12.3. The van der Waals surface area contributed by atoms with E-state index >= 15 is 0 Å². The number of pyridine rings is 1. The standard InChI is InChI=1S/C19H25N5O/c1-2-24-18-15(12-21-24)17(22-13-6-5-7-13)14(11-20-18)16-10-19(25-23-16)8-3-4-9-19/h11-13H,2-10H2,1H3,(H,20,22). The second kappa shape index (κ2) is 5.71. The Morgan fingerprint density at radius 1 is 1.24 bits per heavy atom. The molecule has 1 spiro atoms. The minimum Gasteiger partial charge on any atom is -0.389 e. The molecule has 0 radical (unpaired) electrons. The highest BCUT2D eigenvalue weighted by Crippen LogP contribution is 2.42. The van der Waals surface area contributed by atoms with Crippen LogP contribution in [0.25, 0.3) is 11.0 Å². The van der Waals surface area contributed by atoms with E-state index in [4.69, 9.17) is 9.82 Å². The number of fused-ring (bicyclic) bond motifs is 1. The first-order valence-electron chi connectivity index (χ1n) is 9.64. The predicted octanol–water partition coefficient (Wildman–Crippen LogP) is 3.85. The van der Waals surface area contributed by atoms with Crippen molar-refractivity contribution in [2.45, 2.75) is 76.5 Å². The summed E-state index contributed by atoms with van der Waals surface area (Å²) in [6.45, 7) is 2.92. The van der Waals surface area contributed by atoms with Crippen LogP contribution in [0.4, 0.5) is 5.69 Å². The quantitative estimate of drug-likeness (QED) is 0.919. The number of anilines is 1. The third-order valence-corrected chi connectivity index (χ3v) is 6.08. The molecule has 2 aromatic heterocycles. The molecule has 6 heteroatoms. The molecule has 1 N–H and O–H groups in total. The van der Waals surface area contributed by atoms with E-state index in [2.05, 4.69) is 22.5 Å². The van der Waals surface area contributed by atoms with Gasteiger partial charge >= 0.3 is 0 Å². The summed E-state index contributed by atoms with van der Waals surface area (Å²) in [7, 11) is 0. The van der Waals surface area contributed by atoms with Gasteiger partial charge in [0.2, 0.25) is 0 Å². The number of hydrogen-bond donors (Lipinski definition) is 1. The molecule has 25 heavy (non-hydrogen) atoms. The highest BCUT2D eigenvalue weighted by atomic mass is 16.7. The van der Waals surface area contributed by atoms with Crippen LogP contribution in [0.1, 0.15) is 63.9 Å². The van der Waals surface area contributed by atoms with Crippen molar-refractivity contribution in [3.8, 4) is 0 Å². The molecule has 2 aliphatic carbocycles. The fourth-order valence-electron chi connectivity index (χ4n) is 4.34. The maximum atomic E-state index is 5.92. The molecule has 0 bridgehead atoms. The van der Waals surface area contributed by atoms with Crippen LogP contribution < -0.4 is 5.32 Å². The number of aryl methyl sites for hydroxylation is 1. The van der Waals surface area contributed by atoms with Crippen molar-refractivity contribution >= 4 is 22.4 Å². The van der Waals surface area contributed by atoms with Crippen molar-refractivity contribution in [3.05, 3.63) is 18.0 Å². The van der Waals surface area contributed by atoms with Crippen molar-refractivity contribution in [2.24, 2.45) is 5.16 Å². The lowest BCUT2D eigenvalue weighted by Crippen LogP contribution is -2.28. The minimum absolute atomic E-state index is 0.0500. The van der Waals surface area contributed by atoms with Crippen LogP contribution in [0.5, 0.6) is 0 Å². The van der Waals surface area contributed by atoms with Crippen LogP contribution in [0.15, 0.2) is 17.5 Å². The Kier molecular flexibility index (Phi) is 3.47. The van der Waals surface area contributed by atoms with Gasteiger partial charge in [0.15, 0.2) is 5.65 Å². The summed E-state index contributed by atoms with van der Waals surface area (Å²) in [5, 5.41) is 13.9. The monoisotopic (exact) mass is 339 g/mol. The first-order valence-corrected chi connectivity index (χ1v) is 9.64. The summed E-state index contributed by atoms with van der Waals surface area (Å²) in [6.07, 6.45) is 13.3. The minimum atomic E-state index is -0.0500. The van der Waals surface area contributed by atoms with Gasteiger partial charge in [0.05, 0.1) is 23.0 Å². The van der Waals surface area contributed by atoms with Crippen molar-refractivity contribution in [1.82, 2.24) is 14.8 Å². The van der Waals surface area contributed by atoms with Gasteiger partial charge in [-0.3, -0.25) is 0 Å². The maximum absolute atomic E-state index is 5.92. The summed E-state index contributed by atoms with van der Waals surface area (Å²) in [6, 6.07) is 0.553. The van der Waals surface area contributed by atoms with Gasteiger partial charge in [-0.2, -0.15) is 5.10 Å². The maximum Gasteiger partial charge on any atom is 0.159 e. The molecule has 5 rings (SSSR count). The molecule has 0 atom stereocenters. The number of oxime groups is 1. The molecule has 132 valence electrons. The van der Waals surface area contributed by atoms with E-state index in [1.165, 1.54) is 32.1 Å². The second-order valence-corrected chi connectivity index (χ2v) is 7.71. The topological polar surface area (TPSA) is 64.3 Å². The molecule has 0 aromatic carbocycles. The zero-order valence-electron chi connectivity index (χ0n) is 14.8. The Hall–Kier alpha value is -2.11. The van der Waals surface area contributed by atoms with Crippen molar-refractivity contribution in [1.29, 1.82) is 0 Å². The van der Waals surface area contributed by atoms with Crippen LogP contribution in [-0.2, 0) is 11.4 Å². The van der Waals surface area contributed by atoms with E-state index in [1.807, 2.05) is 17.1 Å². The average Bonchev–Trinajstić information content (AvgIpc) is 3.31. The van der Waals surface area contributed by atoms with E-state index in [-0.39, 0.29) is 5.60 Å². The Labute approximate surface area is 147 Å². The van der Waals surface area contributed by atoms with Gasteiger partial charge in [0, 0.05) is 30.8 Å². The molecule has 1 aliphatic heterocycles. The smallest absolute Gasteiger partial charge is 0.159 e. The van der Waals surface area contributed by atoms with Crippen molar-refractivity contribution in [3.63, 3.8) is 0 Å². The summed E-state index contributed by atoms with van der Waals surface area (Å²) < 4.78 is 1.95. The molecule has 0 saturated heterocycles. The number of hydrogen-bond acceptors (Lipinski definition) is 5. The van der Waals surface area contributed by atoms with Gasteiger partial charge in [0.1, 0.15) is 5.60 Å². The van der Waals surface area contributed by atoms with Gasteiger partial charge < -0.3 is 10.2 Å². The number of nitrogens with one attached hydrogen (secondary N) is 1. The summed E-state index contributed by atoms with van der Waals surface area (Å²) in [5.74, 6) is 0.